The molecule has 2 aromatic carbocycles. The molecule has 6 heteroatoms. The fourth-order valence-electron chi connectivity index (χ4n) is 3.14. The molecule has 1 heterocycles. The van der Waals surface area contributed by atoms with Crippen LogP contribution in [0.4, 0.5) is 11.4 Å². The van der Waals surface area contributed by atoms with Crippen molar-refractivity contribution in [2.45, 2.75) is 19.3 Å². The molecule has 0 bridgehead atoms. The second-order valence-corrected chi connectivity index (χ2v) is 6.51. The smallest absolute Gasteiger partial charge is 0.262 e. The van der Waals surface area contributed by atoms with Crippen LogP contribution in [0.25, 0.3) is 0 Å². The predicted molar refractivity (Wildman–Crippen MR) is 109 cm³/mol. The van der Waals surface area contributed by atoms with Crippen LogP contribution in [0.2, 0.25) is 0 Å². The Bertz CT molecular complexity index is 879. The second kappa shape index (κ2) is 9.08. The highest BCUT2D eigenvalue weighted by molar-refractivity contribution is 5.97. The zero-order valence-corrected chi connectivity index (χ0v) is 15.9. The highest BCUT2D eigenvalue weighted by Crippen LogP contribution is 2.28. The summed E-state index contributed by atoms with van der Waals surface area (Å²) in [5, 5.41) is 2.80. The number of amides is 2. The van der Waals surface area contributed by atoms with Gasteiger partial charge in [-0.2, -0.15) is 0 Å². The fraction of sp³-hybridized carbons (Fsp3) is 0.273. The van der Waals surface area contributed by atoms with Gasteiger partial charge in [0.25, 0.3) is 5.91 Å². The van der Waals surface area contributed by atoms with Gasteiger partial charge < -0.3 is 19.7 Å². The van der Waals surface area contributed by atoms with Gasteiger partial charge in [-0.25, -0.2) is 0 Å². The van der Waals surface area contributed by atoms with Gasteiger partial charge in [-0.15, -0.1) is 6.58 Å². The van der Waals surface area contributed by atoms with Crippen LogP contribution in [-0.4, -0.2) is 32.1 Å². The summed E-state index contributed by atoms with van der Waals surface area (Å²) in [6.07, 6.45) is 3.97. The third-order valence-corrected chi connectivity index (χ3v) is 4.48. The Hall–Kier alpha value is -3.28. The van der Waals surface area contributed by atoms with Crippen molar-refractivity contribution in [1.29, 1.82) is 0 Å². The van der Waals surface area contributed by atoms with Gasteiger partial charge in [0.15, 0.2) is 18.1 Å². The van der Waals surface area contributed by atoms with Crippen molar-refractivity contribution in [3.8, 4) is 11.5 Å². The van der Waals surface area contributed by atoms with E-state index in [1.807, 2.05) is 30.3 Å². The summed E-state index contributed by atoms with van der Waals surface area (Å²) in [7, 11) is 1.56. The standard InChI is InChI=1S/C22H24N2O4/c1-3-6-16-10-11-19(20(13-16)27-2)28-15-21(25)23-17-7-4-8-18(14-17)24-12-5-9-22(24)26/h3-4,7-8,10-11,13-14H,1,5-6,9,12,15H2,2H3,(H,23,25). The Kier molecular flexibility index (Phi) is 6.32. The lowest BCUT2D eigenvalue weighted by Gasteiger charge is -2.17. The van der Waals surface area contributed by atoms with Gasteiger partial charge in [-0.3, -0.25) is 9.59 Å². The number of nitrogens with one attached hydrogen (secondary N) is 1. The molecule has 1 saturated heterocycles. The molecule has 1 N–H and O–H groups in total. The minimum Gasteiger partial charge on any atom is -0.493 e. The van der Waals surface area contributed by atoms with Gasteiger partial charge in [0.2, 0.25) is 5.91 Å². The molecule has 6 nitrogen and oxygen atoms in total. The van der Waals surface area contributed by atoms with Crippen LogP contribution < -0.4 is 19.7 Å². The largest absolute Gasteiger partial charge is 0.493 e. The molecule has 0 atom stereocenters. The van der Waals surface area contributed by atoms with Gasteiger partial charge in [0.1, 0.15) is 0 Å². The molecule has 0 aromatic heterocycles. The van der Waals surface area contributed by atoms with E-state index in [1.165, 1.54) is 0 Å². The van der Waals surface area contributed by atoms with Crippen LogP contribution in [-0.2, 0) is 16.0 Å². The van der Waals surface area contributed by atoms with Crippen LogP contribution in [0.1, 0.15) is 18.4 Å². The number of benzene rings is 2. The number of carbonyl (C=O) groups excluding carboxylic acids is 2. The number of anilines is 2. The molecule has 0 unspecified atom stereocenters. The van der Waals surface area contributed by atoms with Crippen LogP contribution in [0, 0.1) is 0 Å². The average Bonchev–Trinajstić information content (AvgIpc) is 3.13. The van der Waals surface area contributed by atoms with E-state index in [-0.39, 0.29) is 18.4 Å². The zero-order chi connectivity index (χ0) is 19.9. The number of ether oxygens (including phenoxy) is 2. The summed E-state index contributed by atoms with van der Waals surface area (Å²) in [4.78, 5) is 25.9. The molecule has 2 aromatic rings. The number of hydrogen-bond donors (Lipinski definition) is 1. The number of carbonyl (C=O) groups is 2. The Morgan fingerprint density at radius 2 is 2.11 bits per heavy atom. The molecule has 2 amide bonds. The Morgan fingerprint density at radius 1 is 1.25 bits per heavy atom. The van der Waals surface area contributed by atoms with E-state index in [2.05, 4.69) is 11.9 Å². The average molecular weight is 380 g/mol. The summed E-state index contributed by atoms with van der Waals surface area (Å²) in [5.74, 6) is 0.893. The molecule has 0 radical (unpaired) electrons. The SMILES string of the molecule is C=CCc1ccc(OCC(=O)Nc2cccc(N3CCCC3=O)c2)c(OC)c1. The summed E-state index contributed by atoms with van der Waals surface area (Å²) < 4.78 is 11.0. The quantitative estimate of drug-likeness (QED) is 0.711. The summed E-state index contributed by atoms with van der Waals surface area (Å²) in [6.45, 7) is 4.28. The first-order valence-corrected chi connectivity index (χ1v) is 9.21. The van der Waals surface area contributed by atoms with Gasteiger partial charge in [0, 0.05) is 24.3 Å². The van der Waals surface area contributed by atoms with E-state index in [1.54, 1.807) is 30.2 Å². The van der Waals surface area contributed by atoms with E-state index in [0.29, 0.717) is 30.2 Å². The molecule has 1 aliphatic rings. The highest BCUT2D eigenvalue weighted by Gasteiger charge is 2.21. The van der Waals surface area contributed by atoms with E-state index >= 15 is 0 Å². The van der Waals surface area contributed by atoms with Crippen molar-refractivity contribution in [2.24, 2.45) is 0 Å². The van der Waals surface area contributed by atoms with Crippen LogP contribution >= 0.6 is 0 Å². The van der Waals surface area contributed by atoms with Crippen molar-refractivity contribution >= 4 is 23.2 Å². The molecule has 0 spiro atoms. The van der Waals surface area contributed by atoms with E-state index in [9.17, 15) is 9.59 Å². The van der Waals surface area contributed by atoms with Crippen LogP contribution in [0.3, 0.4) is 0 Å². The Morgan fingerprint density at radius 3 is 2.82 bits per heavy atom. The molecule has 0 saturated carbocycles. The van der Waals surface area contributed by atoms with E-state index in [4.69, 9.17) is 9.47 Å². The van der Waals surface area contributed by atoms with Gasteiger partial charge in [-0.1, -0.05) is 18.2 Å². The number of allylic oxidation sites excluding steroid dienone is 1. The molecular formula is C22H24N2O4. The second-order valence-electron chi connectivity index (χ2n) is 6.51. The Balaban J connectivity index is 1.60. The molecule has 3 rings (SSSR count). The summed E-state index contributed by atoms with van der Waals surface area (Å²) in [5.41, 5.74) is 2.47. The number of nitrogens with zero attached hydrogens (tertiary/aromatic N) is 1. The molecule has 0 aliphatic carbocycles. The lowest BCUT2D eigenvalue weighted by Crippen LogP contribution is -2.24. The minimum absolute atomic E-state index is 0.110. The molecule has 146 valence electrons. The maximum atomic E-state index is 12.3. The fourth-order valence-corrected chi connectivity index (χ4v) is 3.14. The zero-order valence-electron chi connectivity index (χ0n) is 15.9. The maximum Gasteiger partial charge on any atom is 0.262 e. The van der Waals surface area contributed by atoms with E-state index < -0.39 is 0 Å². The summed E-state index contributed by atoms with van der Waals surface area (Å²) in [6, 6.07) is 12.8. The predicted octanol–water partition coefficient (Wildman–Crippen LogP) is 3.57. The van der Waals surface area contributed by atoms with Crippen molar-refractivity contribution in [1.82, 2.24) is 0 Å². The highest BCUT2D eigenvalue weighted by atomic mass is 16.5. The molecule has 1 fully saturated rings. The van der Waals surface area contributed by atoms with Crippen LogP contribution in [0.15, 0.2) is 55.1 Å². The maximum absolute atomic E-state index is 12.3. The topological polar surface area (TPSA) is 67.9 Å². The van der Waals surface area contributed by atoms with Crippen molar-refractivity contribution in [3.63, 3.8) is 0 Å². The Labute approximate surface area is 164 Å². The normalized spacial score (nSPS) is 13.3. The lowest BCUT2D eigenvalue weighted by atomic mass is 10.1. The third-order valence-electron chi connectivity index (χ3n) is 4.48. The minimum atomic E-state index is -0.290. The molecule has 28 heavy (non-hydrogen) atoms. The van der Waals surface area contributed by atoms with Gasteiger partial charge in [-0.05, 0) is 48.7 Å². The number of methoxy groups -OCH3 is 1. The number of rotatable bonds is 8. The first-order chi connectivity index (χ1) is 13.6. The van der Waals surface area contributed by atoms with Gasteiger partial charge in [0.05, 0.1) is 7.11 Å². The van der Waals surface area contributed by atoms with Crippen molar-refractivity contribution in [3.05, 3.63) is 60.7 Å². The van der Waals surface area contributed by atoms with Crippen molar-refractivity contribution in [2.75, 3.05) is 30.5 Å². The first kappa shape index (κ1) is 19.5. The van der Waals surface area contributed by atoms with E-state index in [0.717, 1.165) is 24.1 Å². The van der Waals surface area contributed by atoms with Crippen LogP contribution in [0.5, 0.6) is 11.5 Å². The molecule has 1 aliphatic heterocycles. The summed E-state index contributed by atoms with van der Waals surface area (Å²) >= 11 is 0. The monoisotopic (exact) mass is 380 g/mol. The first-order valence-electron chi connectivity index (χ1n) is 9.21. The van der Waals surface area contributed by atoms with Crippen molar-refractivity contribution < 1.29 is 19.1 Å². The number of hydrogen-bond acceptors (Lipinski definition) is 4. The molecular weight excluding hydrogens is 356 g/mol. The van der Waals surface area contributed by atoms with Gasteiger partial charge >= 0.3 is 0 Å². The lowest BCUT2D eigenvalue weighted by molar-refractivity contribution is -0.118. The third kappa shape index (κ3) is 4.71.